The maximum Gasteiger partial charge on any atom is 0.417 e. The van der Waals surface area contributed by atoms with Crippen LogP contribution in [0.2, 0.25) is 0 Å². The van der Waals surface area contributed by atoms with Crippen LogP contribution in [0, 0.1) is 0 Å². The van der Waals surface area contributed by atoms with Crippen molar-refractivity contribution in [1.29, 1.82) is 0 Å². The van der Waals surface area contributed by atoms with Gasteiger partial charge < -0.3 is 4.74 Å². The number of nitrogens with one attached hydrogen (secondary N) is 2. The lowest BCUT2D eigenvalue weighted by atomic mass is 10.2. The molecule has 0 aliphatic carbocycles. The monoisotopic (exact) mass is 402 g/mol. The summed E-state index contributed by atoms with van der Waals surface area (Å²) in [7, 11) is -4.67. The summed E-state index contributed by atoms with van der Waals surface area (Å²) in [6, 6.07) is 3.72. The van der Waals surface area contributed by atoms with Crippen molar-refractivity contribution in [2.24, 2.45) is 0 Å². The van der Waals surface area contributed by atoms with E-state index in [1.165, 1.54) is 16.9 Å². The highest BCUT2D eigenvalue weighted by Gasteiger charge is 2.37. The number of benzene rings is 1. The van der Waals surface area contributed by atoms with Gasteiger partial charge in [-0.15, -0.1) is 0 Å². The van der Waals surface area contributed by atoms with Crippen LogP contribution >= 0.6 is 0 Å². The highest BCUT2D eigenvalue weighted by molar-refractivity contribution is 7.92. The van der Waals surface area contributed by atoms with Crippen LogP contribution in [0.3, 0.4) is 0 Å². The van der Waals surface area contributed by atoms with Gasteiger partial charge in [0, 0.05) is 12.4 Å². The summed E-state index contributed by atoms with van der Waals surface area (Å²) >= 11 is 0. The molecule has 144 valence electrons. The maximum absolute atomic E-state index is 13.2. The van der Waals surface area contributed by atoms with Gasteiger partial charge >= 0.3 is 12.1 Å². The number of halogens is 3. The molecular formula is C15H13F3N4O4S. The fourth-order valence-electron chi connectivity index (χ4n) is 2.46. The number of esters is 1. The Morgan fingerprint density at radius 1 is 1.33 bits per heavy atom. The molecule has 0 aliphatic rings. The van der Waals surface area contributed by atoms with Gasteiger partial charge in [-0.05, 0) is 19.1 Å². The molecule has 0 atom stereocenters. The van der Waals surface area contributed by atoms with Crippen LogP contribution in [0.15, 0.2) is 41.6 Å². The van der Waals surface area contributed by atoms with Gasteiger partial charge in [-0.25, -0.2) is 22.7 Å². The topological polar surface area (TPSA) is 106 Å². The molecule has 8 nitrogen and oxygen atoms in total. The SMILES string of the molecule is CCOC(=O)c1c(NS(=O)(=O)c2ccccc2C(F)(F)F)[nH]n2ccnc12. The summed E-state index contributed by atoms with van der Waals surface area (Å²) in [5.74, 6) is -1.23. The number of aromatic amines is 1. The van der Waals surface area contributed by atoms with Crippen LogP contribution in [-0.4, -0.2) is 35.6 Å². The highest BCUT2D eigenvalue weighted by Crippen LogP contribution is 2.35. The van der Waals surface area contributed by atoms with E-state index in [0.29, 0.717) is 6.07 Å². The number of nitrogens with zero attached hydrogens (tertiary/aromatic N) is 2. The van der Waals surface area contributed by atoms with Gasteiger partial charge in [-0.2, -0.15) is 13.2 Å². The minimum Gasteiger partial charge on any atom is -0.462 e. The van der Waals surface area contributed by atoms with Gasteiger partial charge in [-0.3, -0.25) is 9.82 Å². The molecule has 0 spiro atoms. The van der Waals surface area contributed by atoms with Crippen LogP contribution in [0.25, 0.3) is 5.65 Å². The van der Waals surface area contributed by atoms with Gasteiger partial charge in [0.2, 0.25) is 0 Å². The molecule has 0 amide bonds. The van der Waals surface area contributed by atoms with Crippen LogP contribution in [0.1, 0.15) is 22.8 Å². The quantitative estimate of drug-likeness (QED) is 0.639. The summed E-state index contributed by atoms with van der Waals surface area (Å²) < 4.78 is 72.7. The Bertz CT molecular complexity index is 1100. The van der Waals surface area contributed by atoms with E-state index in [1.54, 1.807) is 6.92 Å². The molecule has 0 radical (unpaired) electrons. The number of ether oxygens (including phenoxy) is 1. The van der Waals surface area contributed by atoms with E-state index in [9.17, 15) is 26.4 Å². The van der Waals surface area contributed by atoms with Crippen LogP contribution < -0.4 is 4.72 Å². The van der Waals surface area contributed by atoms with Gasteiger partial charge in [0.1, 0.15) is 5.56 Å². The molecule has 12 heteroatoms. The maximum atomic E-state index is 13.2. The average Bonchev–Trinajstić information content (AvgIpc) is 3.14. The third kappa shape index (κ3) is 3.47. The summed E-state index contributed by atoms with van der Waals surface area (Å²) in [4.78, 5) is 15.1. The number of H-pyrrole nitrogens is 1. The van der Waals surface area contributed by atoms with Crippen molar-refractivity contribution >= 4 is 27.5 Å². The largest absolute Gasteiger partial charge is 0.462 e. The number of carbonyl (C=O) groups is 1. The van der Waals surface area contributed by atoms with Crippen molar-refractivity contribution in [3.05, 3.63) is 47.8 Å². The molecule has 3 aromatic rings. The van der Waals surface area contributed by atoms with Crippen molar-refractivity contribution in [3.63, 3.8) is 0 Å². The molecule has 2 N–H and O–H groups in total. The molecule has 0 unspecified atom stereocenters. The Hall–Kier alpha value is -3.02. The van der Waals surface area contributed by atoms with E-state index in [2.05, 4.69) is 10.1 Å². The second-order valence-corrected chi connectivity index (χ2v) is 6.95. The third-order valence-corrected chi connectivity index (χ3v) is 4.95. The fourth-order valence-corrected chi connectivity index (χ4v) is 3.72. The van der Waals surface area contributed by atoms with E-state index in [4.69, 9.17) is 4.74 Å². The van der Waals surface area contributed by atoms with E-state index in [1.807, 2.05) is 4.72 Å². The van der Waals surface area contributed by atoms with Crippen molar-refractivity contribution in [2.75, 3.05) is 11.3 Å². The van der Waals surface area contributed by atoms with Crippen molar-refractivity contribution in [2.45, 2.75) is 18.0 Å². The minimum atomic E-state index is -4.88. The summed E-state index contributed by atoms with van der Waals surface area (Å²) in [5.41, 5.74) is -1.50. The Morgan fingerprint density at radius 3 is 2.70 bits per heavy atom. The zero-order chi connectivity index (χ0) is 19.8. The zero-order valence-electron chi connectivity index (χ0n) is 13.7. The molecule has 2 heterocycles. The average molecular weight is 402 g/mol. The van der Waals surface area contributed by atoms with E-state index < -0.39 is 32.6 Å². The molecule has 27 heavy (non-hydrogen) atoms. The van der Waals surface area contributed by atoms with Crippen molar-refractivity contribution in [1.82, 2.24) is 14.6 Å². The molecule has 0 saturated carbocycles. The lowest BCUT2D eigenvalue weighted by molar-refractivity contribution is -0.139. The number of alkyl halides is 3. The van der Waals surface area contributed by atoms with Gasteiger partial charge in [0.05, 0.1) is 17.1 Å². The number of hydrogen-bond acceptors (Lipinski definition) is 5. The normalized spacial score (nSPS) is 12.3. The van der Waals surface area contributed by atoms with Gasteiger partial charge in [0.25, 0.3) is 10.0 Å². The molecule has 0 bridgehead atoms. The molecule has 2 aromatic heterocycles. The number of imidazole rings is 1. The predicted octanol–water partition coefficient (Wildman–Crippen LogP) is 2.66. The molecule has 3 rings (SSSR count). The molecule has 0 fully saturated rings. The number of fused-ring (bicyclic) bond motifs is 1. The summed E-state index contributed by atoms with van der Waals surface area (Å²) in [6.45, 7) is 1.57. The van der Waals surface area contributed by atoms with Crippen molar-refractivity contribution < 1.29 is 31.1 Å². The molecular weight excluding hydrogens is 389 g/mol. The number of anilines is 1. The first-order valence-electron chi connectivity index (χ1n) is 7.56. The second-order valence-electron chi connectivity index (χ2n) is 5.30. The van der Waals surface area contributed by atoms with Gasteiger partial charge in [0.15, 0.2) is 11.5 Å². The van der Waals surface area contributed by atoms with Crippen LogP contribution in [0.5, 0.6) is 0 Å². The Labute approximate surface area is 151 Å². The lowest BCUT2D eigenvalue weighted by Gasteiger charge is -2.14. The fraction of sp³-hybridized carbons (Fsp3) is 0.200. The zero-order valence-corrected chi connectivity index (χ0v) is 14.6. The number of rotatable bonds is 5. The standard InChI is InChI=1S/C15H13F3N4O4S/c1-2-26-14(23)11-12(20-22-8-7-19-13(11)22)21-27(24,25)10-6-4-3-5-9(10)15(16,17)18/h3-8,20-21H,2H2,1H3. The molecule has 1 aromatic carbocycles. The number of sulfonamides is 1. The van der Waals surface area contributed by atoms with E-state index >= 15 is 0 Å². The van der Waals surface area contributed by atoms with E-state index in [-0.39, 0.29) is 23.6 Å². The Kier molecular flexibility index (Phi) is 4.59. The van der Waals surface area contributed by atoms with Crippen LogP contribution in [0.4, 0.5) is 19.0 Å². The Morgan fingerprint density at radius 2 is 2.04 bits per heavy atom. The second kappa shape index (κ2) is 6.61. The minimum absolute atomic E-state index is 0.0139. The Balaban J connectivity index is 2.09. The predicted molar refractivity (Wildman–Crippen MR) is 87.8 cm³/mol. The molecule has 0 saturated heterocycles. The van der Waals surface area contributed by atoms with Crippen LogP contribution in [-0.2, 0) is 20.9 Å². The lowest BCUT2D eigenvalue weighted by Crippen LogP contribution is -2.20. The number of aromatic nitrogens is 3. The first kappa shape index (κ1) is 18.8. The van der Waals surface area contributed by atoms with Gasteiger partial charge in [-0.1, -0.05) is 12.1 Å². The summed E-state index contributed by atoms with van der Waals surface area (Å²) in [6.07, 6.45) is -2.12. The first-order valence-corrected chi connectivity index (χ1v) is 9.04. The smallest absolute Gasteiger partial charge is 0.417 e. The highest BCUT2D eigenvalue weighted by atomic mass is 32.2. The summed E-state index contributed by atoms with van der Waals surface area (Å²) in [5, 5.41) is 2.55. The number of hydrogen-bond donors (Lipinski definition) is 2. The van der Waals surface area contributed by atoms with Crippen molar-refractivity contribution in [3.8, 4) is 0 Å². The molecule has 0 aliphatic heterocycles. The van der Waals surface area contributed by atoms with E-state index in [0.717, 1.165) is 18.2 Å². The first-order chi connectivity index (χ1) is 12.6. The third-order valence-electron chi connectivity index (χ3n) is 3.54. The number of carbonyl (C=O) groups excluding carboxylic acids is 1.